The Balaban J connectivity index is 2.10. The number of benzene rings is 1. The topological polar surface area (TPSA) is 29.9 Å². The van der Waals surface area contributed by atoms with Crippen LogP contribution in [0.15, 0.2) is 35.1 Å². The summed E-state index contributed by atoms with van der Waals surface area (Å²) >= 11 is 3.66. The van der Waals surface area contributed by atoms with Gasteiger partial charge in [-0.15, -0.1) is 0 Å². The lowest BCUT2D eigenvalue weighted by Crippen LogP contribution is -2.18. The van der Waals surface area contributed by atoms with Crippen molar-refractivity contribution < 1.29 is 0 Å². The van der Waals surface area contributed by atoms with E-state index in [0.717, 1.165) is 18.7 Å². The van der Waals surface area contributed by atoms with E-state index in [9.17, 15) is 0 Å². The molecule has 1 heterocycles. The SMILES string of the molecule is CNC(CCc1nccn1C)c1ccc(C)cc1Br. The van der Waals surface area contributed by atoms with Gasteiger partial charge in [-0.25, -0.2) is 4.98 Å². The average Bonchev–Trinajstić information content (AvgIpc) is 2.78. The highest BCUT2D eigenvalue weighted by Gasteiger charge is 2.13. The fourth-order valence-corrected chi connectivity index (χ4v) is 3.05. The van der Waals surface area contributed by atoms with Crippen molar-refractivity contribution in [2.45, 2.75) is 25.8 Å². The van der Waals surface area contributed by atoms with Crippen molar-refractivity contribution in [2.75, 3.05) is 7.05 Å². The van der Waals surface area contributed by atoms with E-state index in [0.29, 0.717) is 6.04 Å². The summed E-state index contributed by atoms with van der Waals surface area (Å²) in [6.45, 7) is 2.11. The Morgan fingerprint density at radius 1 is 1.42 bits per heavy atom. The van der Waals surface area contributed by atoms with Gasteiger partial charge in [0.1, 0.15) is 5.82 Å². The average molecular weight is 322 g/mol. The number of hydrogen-bond acceptors (Lipinski definition) is 2. The van der Waals surface area contributed by atoms with Gasteiger partial charge < -0.3 is 9.88 Å². The molecule has 2 aromatic rings. The Labute approximate surface area is 123 Å². The molecule has 4 heteroatoms. The van der Waals surface area contributed by atoms with Gasteiger partial charge in [0.15, 0.2) is 0 Å². The van der Waals surface area contributed by atoms with Crippen LogP contribution in [0.1, 0.15) is 29.4 Å². The van der Waals surface area contributed by atoms with Crippen LogP contribution in [0.3, 0.4) is 0 Å². The van der Waals surface area contributed by atoms with Gasteiger partial charge in [0, 0.05) is 36.4 Å². The van der Waals surface area contributed by atoms with Crippen LogP contribution in [0.2, 0.25) is 0 Å². The fourth-order valence-electron chi connectivity index (χ4n) is 2.28. The summed E-state index contributed by atoms with van der Waals surface area (Å²) in [6.07, 6.45) is 5.84. The summed E-state index contributed by atoms with van der Waals surface area (Å²) in [5.41, 5.74) is 2.58. The summed E-state index contributed by atoms with van der Waals surface area (Å²) in [5.74, 6) is 1.13. The molecule has 19 heavy (non-hydrogen) atoms. The molecule has 0 saturated carbocycles. The van der Waals surface area contributed by atoms with Crippen molar-refractivity contribution in [3.05, 3.63) is 52.0 Å². The minimum atomic E-state index is 0.340. The third kappa shape index (κ3) is 3.45. The van der Waals surface area contributed by atoms with Crippen LogP contribution in [-0.2, 0) is 13.5 Å². The molecule has 0 spiro atoms. The van der Waals surface area contributed by atoms with Crippen molar-refractivity contribution in [3.8, 4) is 0 Å². The number of nitrogens with one attached hydrogen (secondary N) is 1. The Morgan fingerprint density at radius 2 is 2.21 bits per heavy atom. The minimum Gasteiger partial charge on any atom is -0.338 e. The Hall–Kier alpha value is -1.13. The Bertz CT molecular complexity index is 548. The zero-order valence-electron chi connectivity index (χ0n) is 11.7. The van der Waals surface area contributed by atoms with Crippen LogP contribution in [-0.4, -0.2) is 16.6 Å². The van der Waals surface area contributed by atoms with Crippen molar-refractivity contribution in [1.82, 2.24) is 14.9 Å². The zero-order chi connectivity index (χ0) is 13.8. The lowest BCUT2D eigenvalue weighted by atomic mass is 10.0. The quantitative estimate of drug-likeness (QED) is 0.914. The van der Waals surface area contributed by atoms with Crippen molar-refractivity contribution in [3.63, 3.8) is 0 Å². The Kier molecular flexibility index (Phi) is 4.77. The third-order valence-electron chi connectivity index (χ3n) is 3.46. The van der Waals surface area contributed by atoms with Gasteiger partial charge in [0.2, 0.25) is 0 Å². The highest BCUT2D eigenvalue weighted by Crippen LogP contribution is 2.27. The molecule has 0 fully saturated rings. The molecule has 1 unspecified atom stereocenters. The van der Waals surface area contributed by atoms with E-state index >= 15 is 0 Å². The molecule has 0 aliphatic carbocycles. The summed E-state index contributed by atoms with van der Waals surface area (Å²) in [4.78, 5) is 4.38. The highest BCUT2D eigenvalue weighted by atomic mass is 79.9. The van der Waals surface area contributed by atoms with Gasteiger partial charge >= 0.3 is 0 Å². The van der Waals surface area contributed by atoms with Crippen molar-refractivity contribution in [2.24, 2.45) is 7.05 Å². The van der Waals surface area contributed by atoms with E-state index in [1.165, 1.54) is 15.6 Å². The fraction of sp³-hybridized carbons (Fsp3) is 0.400. The van der Waals surface area contributed by atoms with Gasteiger partial charge in [0.25, 0.3) is 0 Å². The molecule has 0 amide bonds. The van der Waals surface area contributed by atoms with Crippen LogP contribution < -0.4 is 5.32 Å². The van der Waals surface area contributed by atoms with Crippen LogP contribution >= 0.6 is 15.9 Å². The van der Waals surface area contributed by atoms with Gasteiger partial charge in [-0.2, -0.15) is 0 Å². The van der Waals surface area contributed by atoms with Crippen molar-refractivity contribution >= 4 is 15.9 Å². The number of hydrogen-bond donors (Lipinski definition) is 1. The maximum Gasteiger partial charge on any atom is 0.108 e. The molecule has 1 N–H and O–H groups in total. The number of aryl methyl sites for hydroxylation is 3. The lowest BCUT2D eigenvalue weighted by Gasteiger charge is -2.18. The highest BCUT2D eigenvalue weighted by molar-refractivity contribution is 9.10. The summed E-state index contributed by atoms with van der Waals surface area (Å²) in [5, 5.41) is 3.39. The van der Waals surface area contributed by atoms with E-state index in [-0.39, 0.29) is 0 Å². The standard InChI is InChI=1S/C15H20BrN3/c1-11-4-5-12(13(16)10-11)14(17-2)6-7-15-18-8-9-19(15)3/h4-5,8-10,14,17H,6-7H2,1-3H3. The van der Waals surface area contributed by atoms with Crippen LogP contribution in [0, 0.1) is 6.92 Å². The predicted octanol–water partition coefficient (Wildman–Crippen LogP) is 3.38. The molecule has 1 aromatic carbocycles. The predicted molar refractivity (Wildman–Crippen MR) is 82.2 cm³/mol. The first-order chi connectivity index (χ1) is 9.11. The van der Waals surface area contributed by atoms with E-state index in [2.05, 4.69) is 55.9 Å². The molecule has 0 aliphatic rings. The molecule has 102 valence electrons. The van der Waals surface area contributed by atoms with Crippen LogP contribution in [0.4, 0.5) is 0 Å². The molecular formula is C15H20BrN3. The second kappa shape index (κ2) is 6.35. The number of nitrogens with zero attached hydrogens (tertiary/aromatic N) is 2. The molecule has 1 atom stereocenters. The largest absolute Gasteiger partial charge is 0.338 e. The normalized spacial score (nSPS) is 12.6. The maximum absolute atomic E-state index is 4.38. The molecular weight excluding hydrogens is 302 g/mol. The Morgan fingerprint density at radius 3 is 2.79 bits per heavy atom. The monoisotopic (exact) mass is 321 g/mol. The first-order valence-electron chi connectivity index (χ1n) is 6.51. The van der Waals surface area contributed by atoms with Crippen LogP contribution in [0.25, 0.3) is 0 Å². The molecule has 0 saturated heterocycles. The molecule has 3 nitrogen and oxygen atoms in total. The number of halogens is 1. The molecule has 1 aromatic heterocycles. The zero-order valence-corrected chi connectivity index (χ0v) is 13.2. The van der Waals surface area contributed by atoms with Crippen molar-refractivity contribution in [1.29, 1.82) is 0 Å². The molecule has 0 radical (unpaired) electrons. The third-order valence-corrected chi connectivity index (χ3v) is 4.14. The number of imidazole rings is 1. The lowest BCUT2D eigenvalue weighted by molar-refractivity contribution is 0.534. The second-order valence-corrected chi connectivity index (χ2v) is 5.71. The van der Waals surface area contributed by atoms with E-state index in [4.69, 9.17) is 0 Å². The first kappa shape index (κ1) is 14.3. The van der Waals surface area contributed by atoms with E-state index < -0.39 is 0 Å². The number of aromatic nitrogens is 2. The summed E-state index contributed by atoms with van der Waals surface area (Å²) < 4.78 is 3.25. The van der Waals surface area contributed by atoms with E-state index in [1.54, 1.807) is 0 Å². The smallest absolute Gasteiger partial charge is 0.108 e. The van der Waals surface area contributed by atoms with Crippen LogP contribution in [0.5, 0.6) is 0 Å². The summed E-state index contributed by atoms with van der Waals surface area (Å²) in [7, 11) is 4.05. The van der Waals surface area contributed by atoms with Gasteiger partial charge in [0.05, 0.1) is 0 Å². The molecule has 0 bridgehead atoms. The van der Waals surface area contributed by atoms with Gasteiger partial charge in [-0.1, -0.05) is 28.1 Å². The molecule has 2 rings (SSSR count). The first-order valence-corrected chi connectivity index (χ1v) is 7.30. The molecule has 0 aliphatic heterocycles. The maximum atomic E-state index is 4.38. The second-order valence-electron chi connectivity index (χ2n) is 4.86. The summed E-state index contributed by atoms with van der Waals surface area (Å²) in [6, 6.07) is 6.86. The minimum absolute atomic E-state index is 0.340. The number of rotatable bonds is 5. The van der Waals surface area contributed by atoms with Gasteiger partial charge in [-0.3, -0.25) is 0 Å². The van der Waals surface area contributed by atoms with E-state index in [1.807, 2.05) is 26.5 Å². The van der Waals surface area contributed by atoms with Gasteiger partial charge in [-0.05, 0) is 37.6 Å².